The number of fused-ring (bicyclic) bond motifs is 3. The van der Waals surface area contributed by atoms with Crippen molar-refractivity contribution in [1.29, 1.82) is 0 Å². The van der Waals surface area contributed by atoms with Gasteiger partial charge in [-0.2, -0.15) is 4.52 Å². The molecule has 1 saturated carbocycles. The number of hydrogen-bond acceptors (Lipinski definition) is 4. The molecule has 0 atom stereocenters. The topological polar surface area (TPSA) is 55.1 Å². The lowest BCUT2D eigenvalue weighted by Gasteiger charge is -2.24. The van der Waals surface area contributed by atoms with Crippen LogP contribution in [0.5, 0.6) is 0 Å². The van der Waals surface area contributed by atoms with Crippen LogP contribution in [0.4, 0.5) is 5.82 Å². The van der Waals surface area contributed by atoms with E-state index in [-0.39, 0.29) is 0 Å². The van der Waals surface area contributed by atoms with Gasteiger partial charge < -0.3 is 5.32 Å². The number of nitrogens with one attached hydrogen (secondary N) is 1. The fourth-order valence-electron chi connectivity index (χ4n) is 4.01. The fourth-order valence-corrected chi connectivity index (χ4v) is 4.01. The van der Waals surface area contributed by atoms with Crippen LogP contribution in [0.2, 0.25) is 0 Å². The van der Waals surface area contributed by atoms with Gasteiger partial charge in [-0.25, -0.2) is 4.98 Å². The third-order valence-corrected chi connectivity index (χ3v) is 5.52. The van der Waals surface area contributed by atoms with Gasteiger partial charge in [-0.1, -0.05) is 66.4 Å². The number of nitrogens with zero attached hydrogens (tertiary/aromatic N) is 4. The average Bonchev–Trinajstić information content (AvgIpc) is 3.14. The molecule has 27 heavy (non-hydrogen) atoms. The van der Waals surface area contributed by atoms with E-state index in [0.29, 0.717) is 6.04 Å². The molecule has 1 N–H and O–H groups in total. The van der Waals surface area contributed by atoms with Crippen LogP contribution >= 0.6 is 0 Å². The summed E-state index contributed by atoms with van der Waals surface area (Å²) in [5.74, 6) is 0.945. The first-order valence-corrected chi connectivity index (χ1v) is 9.77. The Morgan fingerprint density at radius 2 is 1.74 bits per heavy atom. The lowest BCUT2D eigenvalue weighted by Crippen LogP contribution is -2.23. The monoisotopic (exact) mass is 357 g/mol. The van der Waals surface area contributed by atoms with Gasteiger partial charge in [0.05, 0.1) is 5.52 Å². The van der Waals surface area contributed by atoms with E-state index in [4.69, 9.17) is 4.98 Å². The maximum atomic E-state index is 4.98. The Bertz CT molecular complexity index is 1090. The highest BCUT2D eigenvalue weighted by molar-refractivity contribution is 5.93. The fraction of sp³-hybridized carbons (Fsp3) is 0.318. The zero-order valence-electron chi connectivity index (χ0n) is 15.5. The Kier molecular flexibility index (Phi) is 4.00. The molecule has 0 aliphatic heterocycles. The molecule has 0 radical (unpaired) electrons. The minimum atomic E-state index is 0.496. The Morgan fingerprint density at radius 1 is 0.963 bits per heavy atom. The predicted octanol–water partition coefficient (Wildman–Crippen LogP) is 5.00. The lowest BCUT2D eigenvalue weighted by atomic mass is 9.95. The molecule has 0 unspecified atom stereocenters. The van der Waals surface area contributed by atoms with E-state index in [0.717, 1.165) is 33.6 Å². The van der Waals surface area contributed by atoms with Crippen LogP contribution in [0, 0.1) is 6.92 Å². The largest absolute Gasteiger partial charge is 0.367 e. The van der Waals surface area contributed by atoms with E-state index < -0.39 is 0 Å². The molecule has 4 aromatic rings. The van der Waals surface area contributed by atoms with Crippen molar-refractivity contribution in [2.24, 2.45) is 0 Å². The second kappa shape index (κ2) is 6.65. The smallest absolute Gasteiger partial charge is 0.186 e. The van der Waals surface area contributed by atoms with Crippen molar-refractivity contribution in [2.75, 3.05) is 5.32 Å². The van der Waals surface area contributed by atoms with Crippen molar-refractivity contribution in [2.45, 2.75) is 45.1 Å². The molecule has 0 spiro atoms. The summed E-state index contributed by atoms with van der Waals surface area (Å²) in [5.41, 5.74) is 4.94. The van der Waals surface area contributed by atoms with E-state index in [2.05, 4.69) is 65.0 Å². The first-order chi connectivity index (χ1) is 13.3. The molecule has 0 bridgehead atoms. The predicted molar refractivity (Wildman–Crippen MR) is 109 cm³/mol. The minimum Gasteiger partial charge on any atom is -0.367 e. The molecule has 5 nitrogen and oxygen atoms in total. The van der Waals surface area contributed by atoms with E-state index in [1.807, 2.05) is 10.6 Å². The molecular weight excluding hydrogens is 334 g/mol. The van der Waals surface area contributed by atoms with Crippen LogP contribution in [0.1, 0.15) is 37.7 Å². The Labute approximate surface area is 158 Å². The maximum absolute atomic E-state index is 4.98. The molecular formula is C22H23N5. The van der Waals surface area contributed by atoms with Gasteiger partial charge in [0.25, 0.3) is 0 Å². The summed E-state index contributed by atoms with van der Waals surface area (Å²) in [4.78, 5) is 4.98. The van der Waals surface area contributed by atoms with Crippen LogP contribution in [-0.4, -0.2) is 25.9 Å². The van der Waals surface area contributed by atoms with Crippen molar-refractivity contribution < 1.29 is 0 Å². The Morgan fingerprint density at radius 3 is 2.56 bits per heavy atom. The number of aromatic nitrogens is 4. The van der Waals surface area contributed by atoms with Crippen LogP contribution < -0.4 is 5.32 Å². The van der Waals surface area contributed by atoms with Gasteiger partial charge >= 0.3 is 0 Å². The van der Waals surface area contributed by atoms with Crippen LogP contribution in [0.3, 0.4) is 0 Å². The zero-order valence-corrected chi connectivity index (χ0v) is 15.5. The second-order valence-electron chi connectivity index (χ2n) is 7.50. The van der Waals surface area contributed by atoms with Crippen LogP contribution in [0.25, 0.3) is 27.8 Å². The molecule has 5 heteroatoms. The normalized spacial score (nSPS) is 15.4. The van der Waals surface area contributed by atoms with E-state index in [9.17, 15) is 0 Å². The van der Waals surface area contributed by atoms with Crippen molar-refractivity contribution >= 4 is 22.4 Å². The molecule has 1 aliphatic rings. The molecule has 5 rings (SSSR count). The average molecular weight is 357 g/mol. The summed E-state index contributed by atoms with van der Waals surface area (Å²) >= 11 is 0. The van der Waals surface area contributed by atoms with E-state index >= 15 is 0 Å². The molecule has 1 fully saturated rings. The van der Waals surface area contributed by atoms with Gasteiger partial charge in [-0.3, -0.25) is 0 Å². The standard InChI is InChI=1S/C22H23N5/c1-15-11-13-16(14-12-15)20-22-24-21(23-17-7-3-2-4-8-17)18-9-5-6-10-19(18)27(22)26-25-20/h5-6,9-14,17H,2-4,7-8H2,1H3,(H,23,24). The highest BCUT2D eigenvalue weighted by Crippen LogP contribution is 2.30. The van der Waals surface area contributed by atoms with Gasteiger partial charge in [0.15, 0.2) is 5.65 Å². The van der Waals surface area contributed by atoms with Gasteiger partial charge in [0, 0.05) is 17.0 Å². The number of aryl methyl sites for hydroxylation is 1. The maximum Gasteiger partial charge on any atom is 0.186 e. The lowest BCUT2D eigenvalue weighted by molar-refractivity contribution is 0.462. The third kappa shape index (κ3) is 2.93. The molecule has 2 aromatic carbocycles. The summed E-state index contributed by atoms with van der Waals surface area (Å²) in [6.45, 7) is 2.09. The Balaban J connectivity index is 1.68. The van der Waals surface area contributed by atoms with Gasteiger partial charge in [-0.05, 0) is 31.9 Å². The van der Waals surface area contributed by atoms with Crippen molar-refractivity contribution in [3.8, 4) is 11.3 Å². The number of hydrogen-bond donors (Lipinski definition) is 1. The van der Waals surface area contributed by atoms with Crippen LogP contribution in [-0.2, 0) is 0 Å². The van der Waals surface area contributed by atoms with Crippen molar-refractivity contribution in [1.82, 2.24) is 19.8 Å². The molecule has 2 heterocycles. The quantitative estimate of drug-likeness (QED) is 0.561. The van der Waals surface area contributed by atoms with Gasteiger partial charge in [0.1, 0.15) is 11.5 Å². The minimum absolute atomic E-state index is 0.496. The van der Waals surface area contributed by atoms with Gasteiger partial charge in [0.2, 0.25) is 0 Å². The highest BCUT2D eigenvalue weighted by atomic mass is 15.4. The summed E-state index contributed by atoms with van der Waals surface area (Å²) in [5, 5.41) is 13.7. The number of para-hydroxylation sites is 1. The van der Waals surface area contributed by atoms with Crippen LogP contribution in [0.15, 0.2) is 48.5 Å². The number of anilines is 1. The first-order valence-electron chi connectivity index (χ1n) is 9.77. The highest BCUT2D eigenvalue weighted by Gasteiger charge is 2.19. The molecule has 136 valence electrons. The van der Waals surface area contributed by atoms with E-state index in [1.165, 1.54) is 37.7 Å². The first kappa shape index (κ1) is 16.2. The number of benzene rings is 2. The molecule has 0 saturated heterocycles. The summed E-state index contributed by atoms with van der Waals surface area (Å²) in [7, 11) is 0. The molecule has 2 aromatic heterocycles. The van der Waals surface area contributed by atoms with E-state index in [1.54, 1.807) is 0 Å². The SMILES string of the molecule is Cc1ccc(-c2nnn3c2nc(NC2CCCCC2)c2ccccc23)cc1. The zero-order chi connectivity index (χ0) is 18.2. The van der Waals surface area contributed by atoms with Crippen molar-refractivity contribution in [3.63, 3.8) is 0 Å². The summed E-state index contributed by atoms with van der Waals surface area (Å²) < 4.78 is 1.86. The third-order valence-electron chi connectivity index (χ3n) is 5.52. The molecule has 1 aliphatic carbocycles. The summed E-state index contributed by atoms with van der Waals surface area (Å²) in [6, 6.07) is 17.2. The Hall–Kier alpha value is -2.95. The second-order valence-corrected chi connectivity index (χ2v) is 7.50. The molecule has 0 amide bonds. The number of rotatable bonds is 3. The van der Waals surface area contributed by atoms with Gasteiger partial charge in [-0.15, -0.1) is 5.10 Å². The summed E-state index contributed by atoms with van der Waals surface area (Å²) in [6.07, 6.45) is 6.35. The van der Waals surface area contributed by atoms with Crippen molar-refractivity contribution in [3.05, 3.63) is 54.1 Å².